The first-order valence-electron chi connectivity index (χ1n) is 10.0. The molecule has 0 bridgehead atoms. The number of anilines is 1. The number of aromatic nitrogens is 2. The molecule has 0 saturated carbocycles. The molecule has 0 aliphatic carbocycles. The Kier molecular flexibility index (Phi) is 5.11. The van der Waals surface area contributed by atoms with Crippen molar-refractivity contribution in [3.63, 3.8) is 0 Å². The number of morpholine rings is 1. The maximum Gasteiger partial charge on any atom is 0.128 e. The molecule has 0 radical (unpaired) electrons. The SMILES string of the molecule is COC1=CC(c2cc3cc(-c4ccc(N5CCOCC5)nc4)[nH]c3cc2Cl)=CNC1. The van der Waals surface area contributed by atoms with E-state index in [2.05, 4.69) is 44.5 Å². The van der Waals surface area contributed by atoms with Gasteiger partial charge in [-0.15, -0.1) is 0 Å². The first-order valence-corrected chi connectivity index (χ1v) is 10.4. The van der Waals surface area contributed by atoms with Crippen LogP contribution in [0.3, 0.4) is 0 Å². The highest BCUT2D eigenvalue weighted by Crippen LogP contribution is 2.33. The topological polar surface area (TPSA) is 62.4 Å². The van der Waals surface area contributed by atoms with Gasteiger partial charge in [-0.2, -0.15) is 0 Å². The quantitative estimate of drug-likeness (QED) is 0.660. The van der Waals surface area contributed by atoms with Crippen molar-refractivity contribution in [1.29, 1.82) is 0 Å². The lowest BCUT2D eigenvalue weighted by Gasteiger charge is -2.27. The summed E-state index contributed by atoms with van der Waals surface area (Å²) in [6.45, 7) is 3.94. The maximum absolute atomic E-state index is 6.60. The molecule has 6 nitrogen and oxygen atoms in total. The van der Waals surface area contributed by atoms with E-state index in [1.165, 1.54) is 0 Å². The third-order valence-corrected chi connectivity index (χ3v) is 5.84. The Morgan fingerprint density at radius 1 is 1.17 bits per heavy atom. The molecule has 1 aromatic carbocycles. The zero-order valence-electron chi connectivity index (χ0n) is 16.7. The lowest BCUT2D eigenvalue weighted by Crippen LogP contribution is -2.36. The minimum absolute atomic E-state index is 0.682. The van der Waals surface area contributed by atoms with E-state index in [-0.39, 0.29) is 0 Å². The summed E-state index contributed by atoms with van der Waals surface area (Å²) >= 11 is 6.60. The van der Waals surface area contributed by atoms with Gasteiger partial charge in [-0.1, -0.05) is 11.6 Å². The van der Waals surface area contributed by atoms with Crippen LogP contribution in [0, 0.1) is 0 Å². The van der Waals surface area contributed by atoms with Crippen LogP contribution in [0.15, 0.2) is 54.6 Å². The van der Waals surface area contributed by atoms with Crippen LogP contribution in [0.2, 0.25) is 5.02 Å². The molecule has 0 atom stereocenters. The molecule has 30 heavy (non-hydrogen) atoms. The number of aromatic amines is 1. The molecular weight excluding hydrogens is 400 g/mol. The molecular formula is C23H23ClN4O2. The number of nitrogens with zero attached hydrogens (tertiary/aromatic N) is 2. The Morgan fingerprint density at radius 2 is 2.03 bits per heavy atom. The monoisotopic (exact) mass is 422 g/mol. The van der Waals surface area contributed by atoms with Gasteiger partial charge in [-0.3, -0.25) is 0 Å². The number of rotatable bonds is 4. The molecule has 0 spiro atoms. The highest BCUT2D eigenvalue weighted by atomic mass is 35.5. The number of fused-ring (bicyclic) bond motifs is 1. The summed E-state index contributed by atoms with van der Waals surface area (Å²) in [4.78, 5) is 10.4. The van der Waals surface area contributed by atoms with Gasteiger partial charge in [0.05, 0.1) is 31.9 Å². The number of benzene rings is 1. The van der Waals surface area contributed by atoms with Gasteiger partial charge in [0.15, 0.2) is 0 Å². The fraction of sp³-hybridized carbons (Fsp3) is 0.261. The van der Waals surface area contributed by atoms with Crippen LogP contribution >= 0.6 is 11.6 Å². The number of ether oxygens (including phenoxy) is 2. The van der Waals surface area contributed by atoms with Crippen molar-refractivity contribution >= 4 is 33.9 Å². The van der Waals surface area contributed by atoms with Gasteiger partial charge in [0.25, 0.3) is 0 Å². The fourth-order valence-electron chi connectivity index (χ4n) is 3.87. The van der Waals surface area contributed by atoms with E-state index in [1.54, 1.807) is 7.11 Å². The van der Waals surface area contributed by atoms with Gasteiger partial charge < -0.3 is 24.7 Å². The highest BCUT2D eigenvalue weighted by molar-refractivity contribution is 6.33. The number of nitrogens with one attached hydrogen (secondary N) is 2. The van der Waals surface area contributed by atoms with Crippen molar-refractivity contribution in [3.8, 4) is 11.3 Å². The van der Waals surface area contributed by atoms with Crippen molar-refractivity contribution in [2.75, 3.05) is 44.9 Å². The molecule has 2 N–H and O–H groups in total. The smallest absolute Gasteiger partial charge is 0.128 e. The Labute approximate surface area is 180 Å². The molecule has 2 aliphatic rings. The number of allylic oxidation sites excluding steroid dienone is 2. The predicted octanol–water partition coefficient (Wildman–Crippen LogP) is 4.19. The molecule has 2 aliphatic heterocycles. The highest BCUT2D eigenvalue weighted by Gasteiger charge is 2.15. The molecule has 1 saturated heterocycles. The molecule has 154 valence electrons. The Bertz CT molecular complexity index is 1130. The van der Waals surface area contributed by atoms with E-state index < -0.39 is 0 Å². The average Bonchev–Trinajstić information content (AvgIpc) is 3.22. The number of dihydropyridines is 1. The average molecular weight is 423 g/mol. The van der Waals surface area contributed by atoms with Gasteiger partial charge >= 0.3 is 0 Å². The summed E-state index contributed by atoms with van der Waals surface area (Å²) in [6, 6.07) is 10.4. The van der Waals surface area contributed by atoms with E-state index in [1.807, 2.05) is 24.5 Å². The molecule has 1 fully saturated rings. The van der Waals surface area contributed by atoms with Crippen LogP contribution < -0.4 is 10.2 Å². The van der Waals surface area contributed by atoms with E-state index in [4.69, 9.17) is 21.1 Å². The second-order valence-corrected chi connectivity index (χ2v) is 7.81. The van der Waals surface area contributed by atoms with E-state index in [9.17, 15) is 0 Å². The van der Waals surface area contributed by atoms with E-state index >= 15 is 0 Å². The number of halogens is 1. The molecule has 0 amide bonds. The van der Waals surface area contributed by atoms with Crippen molar-refractivity contribution in [1.82, 2.24) is 15.3 Å². The second kappa shape index (κ2) is 8.05. The van der Waals surface area contributed by atoms with Crippen LogP contribution in [0.4, 0.5) is 5.82 Å². The zero-order valence-corrected chi connectivity index (χ0v) is 17.5. The summed E-state index contributed by atoms with van der Waals surface area (Å²) in [5.74, 6) is 1.87. The van der Waals surface area contributed by atoms with Crippen molar-refractivity contribution in [3.05, 3.63) is 65.1 Å². The van der Waals surface area contributed by atoms with Crippen LogP contribution in [-0.4, -0.2) is 49.9 Å². The van der Waals surface area contributed by atoms with Crippen molar-refractivity contribution in [2.45, 2.75) is 0 Å². The van der Waals surface area contributed by atoms with Crippen LogP contribution in [0.5, 0.6) is 0 Å². The number of hydrogen-bond acceptors (Lipinski definition) is 5. The Morgan fingerprint density at radius 3 is 2.80 bits per heavy atom. The molecule has 5 rings (SSSR count). The second-order valence-electron chi connectivity index (χ2n) is 7.40. The largest absolute Gasteiger partial charge is 0.499 e. The van der Waals surface area contributed by atoms with Gasteiger partial charge in [-0.05, 0) is 36.4 Å². The molecule has 3 aromatic rings. The van der Waals surface area contributed by atoms with Gasteiger partial charge in [0.1, 0.15) is 11.6 Å². The Balaban J connectivity index is 1.45. The zero-order chi connectivity index (χ0) is 20.5. The first kappa shape index (κ1) is 19.0. The van der Waals surface area contributed by atoms with Crippen LogP contribution in [0.1, 0.15) is 5.56 Å². The van der Waals surface area contributed by atoms with Crippen LogP contribution in [-0.2, 0) is 9.47 Å². The molecule has 2 aromatic heterocycles. The minimum atomic E-state index is 0.682. The molecule has 0 unspecified atom stereocenters. The van der Waals surface area contributed by atoms with E-state index in [0.717, 1.165) is 71.2 Å². The number of H-pyrrole nitrogens is 1. The van der Waals surface area contributed by atoms with Crippen molar-refractivity contribution in [2.24, 2.45) is 0 Å². The van der Waals surface area contributed by atoms with E-state index in [0.29, 0.717) is 11.6 Å². The summed E-state index contributed by atoms with van der Waals surface area (Å²) in [7, 11) is 1.68. The van der Waals surface area contributed by atoms with Gasteiger partial charge in [0.2, 0.25) is 0 Å². The summed E-state index contributed by atoms with van der Waals surface area (Å²) in [5, 5.41) is 5.02. The third kappa shape index (κ3) is 3.64. The third-order valence-electron chi connectivity index (χ3n) is 5.53. The number of methoxy groups -OCH3 is 1. The minimum Gasteiger partial charge on any atom is -0.499 e. The lowest BCUT2D eigenvalue weighted by molar-refractivity contribution is 0.122. The van der Waals surface area contributed by atoms with Gasteiger partial charge in [0, 0.05) is 58.8 Å². The molecule has 4 heterocycles. The van der Waals surface area contributed by atoms with Crippen molar-refractivity contribution < 1.29 is 9.47 Å². The summed E-state index contributed by atoms with van der Waals surface area (Å²) in [5.41, 5.74) is 5.03. The first-order chi connectivity index (χ1) is 14.7. The lowest BCUT2D eigenvalue weighted by atomic mass is 10.0. The summed E-state index contributed by atoms with van der Waals surface area (Å²) < 4.78 is 10.8. The maximum atomic E-state index is 6.60. The van der Waals surface area contributed by atoms with Gasteiger partial charge in [-0.25, -0.2) is 4.98 Å². The molecule has 7 heteroatoms. The number of pyridine rings is 1. The summed E-state index contributed by atoms with van der Waals surface area (Å²) in [6.07, 6.45) is 5.90. The normalized spacial score (nSPS) is 16.8. The Hall–Kier alpha value is -2.96. The van der Waals surface area contributed by atoms with Crippen LogP contribution in [0.25, 0.3) is 27.7 Å². The number of hydrogen-bond donors (Lipinski definition) is 2. The fourth-order valence-corrected chi connectivity index (χ4v) is 4.14. The standard InChI is InChI=1S/C23H23ClN4O2/c1-29-18-8-17(12-25-14-18)19-9-16-10-21(27-22(16)11-20(19)24)15-2-3-23(26-13-15)28-4-6-30-7-5-28/h2-3,8-13,25,27H,4-7,14H2,1H3. The predicted molar refractivity (Wildman–Crippen MR) is 121 cm³/mol.